The van der Waals surface area contributed by atoms with E-state index in [0.717, 1.165) is 28.5 Å². The molecule has 1 aliphatic carbocycles. The number of ether oxygens (including phenoxy) is 1. The number of hydrogen-bond donors (Lipinski definition) is 4. The zero-order valence-electron chi connectivity index (χ0n) is 29.8. The predicted octanol–water partition coefficient (Wildman–Crippen LogP) is 2.84. The monoisotopic (exact) mass is 765 g/mol. The molecule has 1 aliphatic heterocycles. The summed E-state index contributed by atoms with van der Waals surface area (Å²) < 4.78 is 33.5. The lowest BCUT2D eigenvalue weighted by Crippen LogP contribution is -2.56. The molecule has 2 aliphatic rings. The number of sulfonamides is 1. The normalized spacial score (nSPS) is 18.3. The van der Waals surface area contributed by atoms with Gasteiger partial charge in [0.15, 0.2) is 0 Å². The highest BCUT2D eigenvalue weighted by molar-refractivity contribution is 7.88. The van der Waals surface area contributed by atoms with Crippen LogP contribution in [0.2, 0.25) is 5.02 Å². The molecule has 0 bridgehead atoms. The summed E-state index contributed by atoms with van der Waals surface area (Å²) in [4.78, 5) is 56.7. The highest BCUT2D eigenvalue weighted by Gasteiger charge is 2.44. The van der Waals surface area contributed by atoms with Crippen LogP contribution in [-0.4, -0.2) is 86.4 Å². The molecule has 0 radical (unpaired) electrons. The number of nitrogens with two attached hydrogens (primary N) is 1. The number of ketones is 1. The minimum atomic E-state index is -3.82. The van der Waals surface area contributed by atoms with Gasteiger partial charge in [-0.05, 0) is 85.9 Å². The molecule has 1 fully saturated rings. The smallest absolute Gasteiger partial charge is 0.289 e. The average Bonchev–Trinajstić information content (AvgIpc) is 3.76. The molecule has 3 amide bonds. The Kier molecular flexibility index (Phi) is 14.2. The van der Waals surface area contributed by atoms with Crippen LogP contribution in [0.5, 0.6) is 0 Å². The Morgan fingerprint density at radius 1 is 0.887 bits per heavy atom. The van der Waals surface area contributed by atoms with Crippen molar-refractivity contribution in [3.8, 4) is 0 Å². The first kappa shape index (κ1) is 40.1. The molecule has 5 N–H and O–H groups in total. The molecule has 3 aromatic carbocycles. The van der Waals surface area contributed by atoms with E-state index in [1.807, 2.05) is 66.7 Å². The second kappa shape index (κ2) is 18.8. The summed E-state index contributed by atoms with van der Waals surface area (Å²) in [7, 11) is -3.82. The second-order valence-corrected chi connectivity index (χ2v) is 16.0. The summed E-state index contributed by atoms with van der Waals surface area (Å²) in [6.45, 7) is 0.561. The molecule has 284 valence electrons. The molecule has 12 nitrogen and oxygen atoms in total. The molecule has 0 saturated carbocycles. The summed E-state index contributed by atoms with van der Waals surface area (Å²) >= 11 is 6.04. The van der Waals surface area contributed by atoms with Gasteiger partial charge in [0, 0.05) is 24.0 Å². The van der Waals surface area contributed by atoms with Gasteiger partial charge in [-0.3, -0.25) is 19.2 Å². The van der Waals surface area contributed by atoms with Gasteiger partial charge in [-0.25, -0.2) is 13.1 Å². The number of fused-ring (bicyclic) bond motifs is 1. The molecule has 3 aromatic rings. The van der Waals surface area contributed by atoms with E-state index in [1.165, 1.54) is 4.90 Å². The van der Waals surface area contributed by atoms with Crippen molar-refractivity contribution >= 4 is 45.1 Å². The quantitative estimate of drug-likeness (QED) is 0.113. The zero-order valence-corrected chi connectivity index (χ0v) is 31.4. The van der Waals surface area contributed by atoms with Crippen molar-refractivity contribution in [1.82, 2.24) is 20.3 Å². The predicted molar refractivity (Wildman–Crippen MR) is 202 cm³/mol. The van der Waals surface area contributed by atoms with Crippen LogP contribution in [0.3, 0.4) is 0 Å². The Balaban J connectivity index is 1.33. The number of unbranched alkanes of at least 4 members (excludes halogenated alkanes) is 1. The van der Waals surface area contributed by atoms with E-state index in [-0.39, 0.29) is 38.5 Å². The lowest BCUT2D eigenvalue weighted by Gasteiger charge is -2.29. The van der Waals surface area contributed by atoms with Gasteiger partial charge in [-0.15, -0.1) is 0 Å². The Morgan fingerprint density at radius 2 is 1.55 bits per heavy atom. The minimum Gasteiger partial charge on any atom is -0.372 e. The summed E-state index contributed by atoms with van der Waals surface area (Å²) in [6.07, 6.45) is 3.46. The lowest BCUT2D eigenvalue weighted by atomic mass is 10.0. The van der Waals surface area contributed by atoms with E-state index < -0.39 is 57.8 Å². The number of amides is 3. The van der Waals surface area contributed by atoms with Gasteiger partial charge in [-0.1, -0.05) is 78.3 Å². The SMILES string of the molecule is CS(=O)(=O)N[C@H](CCc1ccccc1)C(=O)N1C[C@H](OCc2ccc(Cl)cc2)C[C@H]1C(=O)N[C@@H](CCCCN)C(=O)C(=O)NC1Cc2ccccc2C1. The fraction of sp³-hybridized carbons (Fsp3) is 0.436. The highest BCUT2D eigenvalue weighted by atomic mass is 35.5. The number of benzene rings is 3. The van der Waals surface area contributed by atoms with Gasteiger partial charge in [0.25, 0.3) is 5.91 Å². The third kappa shape index (κ3) is 11.7. The number of nitrogens with zero attached hydrogens (tertiary/aromatic N) is 1. The van der Waals surface area contributed by atoms with E-state index in [1.54, 1.807) is 12.1 Å². The molecule has 53 heavy (non-hydrogen) atoms. The summed E-state index contributed by atoms with van der Waals surface area (Å²) in [6, 6.07) is 20.6. The van der Waals surface area contributed by atoms with Gasteiger partial charge in [0.1, 0.15) is 12.1 Å². The molecule has 1 saturated heterocycles. The Bertz CT molecular complexity index is 1820. The largest absolute Gasteiger partial charge is 0.372 e. The van der Waals surface area contributed by atoms with E-state index in [4.69, 9.17) is 22.1 Å². The van der Waals surface area contributed by atoms with Gasteiger partial charge >= 0.3 is 0 Å². The number of nitrogens with one attached hydrogen (secondary N) is 3. The number of rotatable bonds is 18. The van der Waals surface area contributed by atoms with Crippen LogP contribution < -0.4 is 21.1 Å². The molecule has 14 heteroatoms. The number of carbonyl (C=O) groups excluding carboxylic acids is 4. The Labute approximate surface area is 316 Å². The maximum absolute atomic E-state index is 14.2. The Morgan fingerprint density at radius 3 is 2.19 bits per heavy atom. The van der Waals surface area contributed by atoms with Crippen LogP contribution in [0.1, 0.15) is 54.4 Å². The number of Topliss-reactive ketones (excluding diaryl/α,β-unsaturated/α-hetero) is 1. The molecule has 0 unspecified atom stereocenters. The highest BCUT2D eigenvalue weighted by Crippen LogP contribution is 2.25. The molecular weight excluding hydrogens is 718 g/mol. The van der Waals surface area contributed by atoms with Crippen molar-refractivity contribution in [1.29, 1.82) is 0 Å². The fourth-order valence-electron chi connectivity index (χ4n) is 6.96. The van der Waals surface area contributed by atoms with Crippen molar-refractivity contribution in [2.24, 2.45) is 5.73 Å². The van der Waals surface area contributed by atoms with Crippen LogP contribution in [0.25, 0.3) is 0 Å². The first-order valence-corrected chi connectivity index (χ1v) is 20.3. The number of likely N-dealkylation sites (tertiary alicyclic amines) is 1. The van der Waals surface area contributed by atoms with Crippen LogP contribution in [0, 0.1) is 0 Å². The maximum atomic E-state index is 14.2. The standard InChI is InChI=1S/C39H48ClN5O7S/c1-53(50,51)44-34(19-16-26-9-3-2-4-10-26)39(49)45-24-32(52-25-27-14-17-30(40)18-15-27)23-35(45)37(47)43-33(13-7-8-20-41)36(46)38(48)42-31-21-28-11-5-6-12-29(28)22-31/h2-6,9-12,14-15,17-18,31-35,44H,7-8,13,16,19-25,41H2,1H3,(H,42,48)(H,43,47)/t32-,33+,34-,35+/m1/s1. The van der Waals surface area contributed by atoms with Gasteiger partial charge < -0.3 is 26.0 Å². The number of aryl methyl sites for hydroxylation is 1. The topological polar surface area (TPSA) is 177 Å². The van der Waals surface area contributed by atoms with Crippen molar-refractivity contribution in [3.63, 3.8) is 0 Å². The van der Waals surface area contributed by atoms with Crippen molar-refractivity contribution in [2.45, 2.75) is 88.2 Å². The van der Waals surface area contributed by atoms with Crippen molar-refractivity contribution in [2.75, 3.05) is 19.3 Å². The summed E-state index contributed by atoms with van der Waals surface area (Å²) in [5, 5.41) is 6.20. The van der Waals surface area contributed by atoms with Crippen LogP contribution in [0.4, 0.5) is 0 Å². The third-order valence-electron chi connectivity index (χ3n) is 9.66. The van der Waals surface area contributed by atoms with E-state index >= 15 is 0 Å². The molecule has 5 rings (SSSR count). The molecular formula is C39H48ClN5O7S. The third-order valence-corrected chi connectivity index (χ3v) is 10.6. The summed E-state index contributed by atoms with van der Waals surface area (Å²) in [5.74, 6) is -2.79. The molecule has 0 aromatic heterocycles. The first-order chi connectivity index (χ1) is 25.4. The lowest BCUT2D eigenvalue weighted by molar-refractivity contribution is -0.143. The van der Waals surface area contributed by atoms with Crippen LogP contribution >= 0.6 is 11.6 Å². The summed E-state index contributed by atoms with van der Waals surface area (Å²) in [5.41, 5.74) is 9.70. The average molecular weight is 766 g/mol. The van der Waals surface area contributed by atoms with Crippen molar-refractivity contribution in [3.05, 3.63) is 106 Å². The van der Waals surface area contributed by atoms with Crippen molar-refractivity contribution < 1.29 is 32.3 Å². The van der Waals surface area contributed by atoms with E-state index in [9.17, 15) is 27.6 Å². The maximum Gasteiger partial charge on any atom is 0.289 e. The number of carbonyl (C=O) groups is 4. The number of hydrogen-bond acceptors (Lipinski definition) is 8. The molecule has 1 heterocycles. The zero-order chi connectivity index (χ0) is 38.0. The van der Waals surface area contributed by atoms with Gasteiger partial charge in [0.2, 0.25) is 27.6 Å². The molecule has 0 spiro atoms. The van der Waals surface area contributed by atoms with Crippen LogP contribution in [0.15, 0.2) is 78.9 Å². The first-order valence-electron chi connectivity index (χ1n) is 18.0. The minimum absolute atomic E-state index is 0.00625. The van der Waals surface area contributed by atoms with E-state index in [2.05, 4.69) is 15.4 Å². The Hall–Kier alpha value is -4.14. The molecule has 4 atom stereocenters. The number of halogens is 1. The van der Waals surface area contributed by atoms with E-state index in [0.29, 0.717) is 43.7 Å². The van der Waals surface area contributed by atoms with Crippen LogP contribution in [-0.2, 0) is 59.8 Å². The van der Waals surface area contributed by atoms with Gasteiger partial charge in [-0.2, -0.15) is 0 Å². The second-order valence-electron chi connectivity index (χ2n) is 13.8. The van der Waals surface area contributed by atoms with Gasteiger partial charge in [0.05, 0.1) is 25.0 Å². The fourth-order valence-corrected chi connectivity index (χ4v) is 7.82.